The summed E-state index contributed by atoms with van der Waals surface area (Å²) in [5.41, 5.74) is 0. The Balaban J connectivity index is 1.96. The summed E-state index contributed by atoms with van der Waals surface area (Å²) in [6.07, 6.45) is 1.64. The third-order valence-electron chi connectivity index (χ3n) is 2.27. The number of carbonyl (C=O) groups excluding carboxylic acids is 1. The normalized spacial score (nSPS) is 24.0. The maximum atomic E-state index is 11.3. The number of hydrogen-bond acceptors (Lipinski definition) is 4. The number of rotatable bonds is 6. The molecule has 1 rings (SSSR count). The molecule has 0 atom stereocenters. The Kier molecular flexibility index (Phi) is 6.37. The third-order valence-corrected chi connectivity index (χ3v) is 2.99. The molecule has 94 valence electrons. The minimum absolute atomic E-state index is 0.00535. The van der Waals surface area contributed by atoms with E-state index in [1.54, 1.807) is 0 Å². The zero-order valence-electron chi connectivity index (χ0n) is 9.57. The molecule has 0 heterocycles. The highest BCUT2D eigenvalue weighted by molar-refractivity contribution is 14.1. The lowest BCUT2D eigenvalue weighted by Crippen LogP contribution is -2.40. The van der Waals surface area contributed by atoms with Crippen molar-refractivity contribution in [3.8, 4) is 0 Å². The lowest BCUT2D eigenvalue weighted by atomic mass is 9.92. The summed E-state index contributed by atoms with van der Waals surface area (Å²) in [6.45, 7) is 4.90. The largest absolute Gasteiger partial charge is 0.446 e. The molecule has 1 fully saturated rings. The Morgan fingerprint density at radius 2 is 2.12 bits per heavy atom. The number of hydrogen-bond donors (Lipinski definition) is 1. The number of ether oxygens (including phenoxy) is 2. The van der Waals surface area contributed by atoms with Crippen molar-refractivity contribution in [2.45, 2.75) is 45.0 Å². The number of carbonyl (C=O) groups is 1. The highest BCUT2D eigenvalue weighted by Gasteiger charge is 2.32. The summed E-state index contributed by atoms with van der Waals surface area (Å²) >= 11 is 1.87. The highest BCUT2D eigenvalue weighted by Crippen LogP contribution is 2.27. The quantitative estimate of drug-likeness (QED) is 0.592. The van der Waals surface area contributed by atoms with Gasteiger partial charge in [0.2, 0.25) is 0 Å². The van der Waals surface area contributed by atoms with Gasteiger partial charge in [-0.2, -0.15) is 0 Å². The molecule has 1 amide bonds. The predicted octanol–water partition coefficient (Wildman–Crippen LogP) is 2.04. The Morgan fingerprint density at radius 3 is 2.69 bits per heavy atom. The highest BCUT2D eigenvalue weighted by atomic mass is 127. The molecule has 0 aromatic carbocycles. The molecule has 6 heteroatoms. The van der Waals surface area contributed by atoms with Gasteiger partial charge in [0.1, 0.15) is 29.1 Å². The van der Waals surface area contributed by atoms with E-state index in [-0.39, 0.29) is 24.4 Å². The van der Waals surface area contributed by atoms with E-state index < -0.39 is 0 Å². The molecular formula is C10H18INO4. The number of halogens is 1. The van der Waals surface area contributed by atoms with Crippen LogP contribution in [-0.4, -0.2) is 37.6 Å². The monoisotopic (exact) mass is 343 g/mol. The zero-order chi connectivity index (χ0) is 12.0. The lowest BCUT2D eigenvalue weighted by molar-refractivity contribution is -0.00756. The van der Waals surface area contributed by atoms with Crippen LogP contribution in [0.5, 0.6) is 0 Å². The van der Waals surface area contributed by atoms with Crippen molar-refractivity contribution < 1.29 is 17.3 Å². The number of nitrogens with one attached hydrogen (secondary N) is 1. The summed E-state index contributed by atoms with van der Waals surface area (Å²) in [5.74, 6) is 0. The molecule has 5 nitrogen and oxygen atoms in total. The van der Waals surface area contributed by atoms with Gasteiger partial charge in [0.25, 0.3) is 0 Å². The molecule has 16 heavy (non-hydrogen) atoms. The molecule has 1 aliphatic carbocycles. The summed E-state index contributed by atoms with van der Waals surface area (Å²) in [7, 11) is 0. The number of alkyl carbamates (subject to hydrolysis) is 1. The van der Waals surface area contributed by atoms with Crippen LogP contribution in [0, 0.1) is 0 Å². The Labute approximate surface area is 110 Å². The Bertz CT molecular complexity index is 219. The fraction of sp³-hybridized carbons (Fsp3) is 0.900. The van der Waals surface area contributed by atoms with Crippen molar-refractivity contribution in [3.05, 3.63) is 0 Å². The molecule has 1 saturated carbocycles. The minimum atomic E-state index is -0.371. The molecule has 1 aliphatic rings. The van der Waals surface area contributed by atoms with Crippen molar-refractivity contribution in [2.24, 2.45) is 0 Å². The average molecular weight is 343 g/mol. The summed E-state index contributed by atoms with van der Waals surface area (Å²) in [4.78, 5) is 11.3. The molecule has 0 aliphatic heterocycles. The molecule has 0 radical (unpaired) electrons. The summed E-state index contributed by atoms with van der Waals surface area (Å²) < 4.78 is 15.5. The first-order chi connectivity index (χ1) is 7.61. The van der Waals surface area contributed by atoms with Gasteiger partial charge in [-0.15, -0.1) is 0 Å². The second-order valence-electron chi connectivity index (χ2n) is 4.06. The molecule has 0 bridgehead atoms. The zero-order valence-corrected chi connectivity index (χ0v) is 11.7. The van der Waals surface area contributed by atoms with E-state index in [0.717, 1.165) is 12.8 Å². The van der Waals surface area contributed by atoms with Crippen molar-refractivity contribution in [3.63, 3.8) is 0 Å². The van der Waals surface area contributed by atoms with Gasteiger partial charge < -0.3 is 17.9 Å². The Morgan fingerprint density at radius 1 is 1.44 bits per heavy atom. The summed E-state index contributed by atoms with van der Waals surface area (Å²) in [6, 6.07) is 0. The average Bonchev–Trinajstić information content (AvgIpc) is 2.17. The van der Waals surface area contributed by atoms with Gasteiger partial charge in [0, 0.05) is 19.4 Å². The second-order valence-corrected chi connectivity index (χ2v) is 4.56. The molecule has 0 spiro atoms. The van der Waals surface area contributed by atoms with E-state index in [1.807, 2.05) is 36.9 Å². The second kappa shape index (κ2) is 7.29. The first kappa shape index (κ1) is 14.0. The van der Waals surface area contributed by atoms with E-state index in [1.165, 1.54) is 0 Å². The number of amides is 1. The van der Waals surface area contributed by atoms with Gasteiger partial charge in [0.15, 0.2) is 0 Å². The lowest BCUT2D eigenvalue weighted by Gasteiger charge is -2.32. The predicted molar refractivity (Wildman–Crippen MR) is 67.5 cm³/mol. The van der Waals surface area contributed by atoms with E-state index in [4.69, 9.17) is 12.5 Å². The maximum absolute atomic E-state index is 11.3. The fourth-order valence-corrected chi connectivity index (χ4v) is 1.74. The van der Waals surface area contributed by atoms with Gasteiger partial charge in [-0.3, -0.25) is 0 Å². The molecular weight excluding hydrogens is 325 g/mol. The van der Waals surface area contributed by atoms with Crippen LogP contribution < -0.4 is 5.32 Å². The van der Waals surface area contributed by atoms with Crippen LogP contribution >= 0.6 is 23.0 Å². The van der Waals surface area contributed by atoms with Crippen molar-refractivity contribution >= 4 is 29.1 Å². The minimum Gasteiger partial charge on any atom is -0.446 e. The van der Waals surface area contributed by atoms with Gasteiger partial charge in [-0.05, 0) is 13.8 Å². The maximum Gasteiger partial charge on any atom is 0.407 e. The van der Waals surface area contributed by atoms with Crippen LogP contribution in [0.25, 0.3) is 0 Å². The van der Waals surface area contributed by atoms with Crippen LogP contribution in [0.1, 0.15) is 26.7 Å². The fourth-order valence-electron chi connectivity index (χ4n) is 1.33. The van der Waals surface area contributed by atoms with Crippen molar-refractivity contribution in [1.29, 1.82) is 0 Å². The van der Waals surface area contributed by atoms with Crippen LogP contribution in [-0.2, 0) is 12.5 Å². The van der Waals surface area contributed by atoms with Crippen molar-refractivity contribution in [1.82, 2.24) is 5.32 Å². The first-order valence-corrected chi connectivity index (χ1v) is 6.33. The van der Waals surface area contributed by atoms with Gasteiger partial charge in [-0.1, -0.05) is 0 Å². The van der Waals surface area contributed by atoms with Crippen LogP contribution in [0.3, 0.4) is 0 Å². The van der Waals surface area contributed by atoms with Crippen LogP contribution in [0.2, 0.25) is 0 Å². The molecule has 0 unspecified atom stereocenters. The smallest absolute Gasteiger partial charge is 0.407 e. The molecule has 0 aromatic heterocycles. The van der Waals surface area contributed by atoms with E-state index in [9.17, 15) is 4.79 Å². The van der Waals surface area contributed by atoms with Gasteiger partial charge >= 0.3 is 6.09 Å². The molecule has 0 aromatic rings. The topological polar surface area (TPSA) is 56.8 Å². The van der Waals surface area contributed by atoms with Crippen LogP contribution in [0.15, 0.2) is 0 Å². The van der Waals surface area contributed by atoms with Gasteiger partial charge in [-0.25, -0.2) is 4.79 Å². The molecule has 1 N–H and O–H groups in total. The van der Waals surface area contributed by atoms with Crippen molar-refractivity contribution in [2.75, 3.05) is 13.2 Å². The standard InChI is InChI=1S/C10H18INO4/c1-7(2)14-4-3-12-10(13)15-8-5-9(6-8)16-11/h7-9H,3-6H2,1-2H3,(H,12,13). The Hall–Kier alpha value is -0.0800. The van der Waals surface area contributed by atoms with E-state index in [0.29, 0.717) is 13.2 Å². The SMILES string of the molecule is CC(C)OCCNC(=O)OC1CC(OI)C1. The van der Waals surface area contributed by atoms with Gasteiger partial charge in [0.05, 0.1) is 18.8 Å². The van der Waals surface area contributed by atoms with Crippen LogP contribution in [0.4, 0.5) is 4.79 Å². The summed E-state index contributed by atoms with van der Waals surface area (Å²) in [5, 5.41) is 2.64. The van der Waals surface area contributed by atoms with E-state index in [2.05, 4.69) is 5.32 Å². The first-order valence-electron chi connectivity index (χ1n) is 5.45. The molecule has 0 saturated heterocycles. The third kappa shape index (κ3) is 5.31. The van der Waals surface area contributed by atoms with E-state index >= 15 is 0 Å².